The van der Waals surface area contributed by atoms with E-state index in [0.29, 0.717) is 35.9 Å². The first-order chi connectivity index (χ1) is 17.0. The molecule has 0 aliphatic carbocycles. The highest BCUT2D eigenvalue weighted by molar-refractivity contribution is 5.99. The van der Waals surface area contributed by atoms with E-state index >= 15 is 0 Å². The molecule has 1 aromatic carbocycles. The van der Waals surface area contributed by atoms with E-state index in [-0.39, 0.29) is 5.91 Å². The van der Waals surface area contributed by atoms with Crippen LogP contribution in [0.1, 0.15) is 44.3 Å². The van der Waals surface area contributed by atoms with Crippen molar-refractivity contribution in [3.8, 4) is 11.5 Å². The van der Waals surface area contributed by atoms with E-state index in [1.54, 1.807) is 29.2 Å². The van der Waals surface area contributed by atoms with Gasteiger partial charge in [-0.15, -0.1) is 0 Å². The van der Waals surface area contributed by atoms with Crippen molar-refractivity contribution in [3.63, 3.8) is 0 Å². The number of hydrogen-bond donors (Lipinski definition) is 1. The van der Waals surface area contributed by atoms with Crippen LogP contribution in [0.2, 0.25) is 0 Å². The molecule has 0 fully saturated rings. The normalized spacial score (nSPS) is 11.2. The number of pyridine rings is 1. The molecule has 0 saturated heterocycles. The van der Waals surface area contributed by atoms with Gasteiger partial charge in [0.25, 0.3) is 11.8 Å². The Hall–Kier alpha value is -4.40. The van der Waals surface area contributed by atoms with Crippen LogP contribution in [0, 0.1) is 20.8 Å². The van der Waals surface area contributed by atoms with Crippen molar-refractivity contribution >= 4 is 11.6 Å². The number of aromatic nitrogens is 6. The molecule has 9 heteroatoms. The Labute approximate surface area is 202 Å². The van der Waals surface area contributed by atoms with Crippen molar-refractivity contribution in [2.45, 2.75) is 33.6 Å². The van der Waals surface area contributed by atoms with Crippen LogP contribution in [0.4, 0.5) is 0 Å². The number of nitrogens with one attached hydrogen (secondary N) is 1. The summed E-state index contributed by atoms with van der Waals surface area (Å²) in [4.78, 5) is 26.0. The number of amides is 1. The molecule has 0 saturated carbocycles. The van der Waals surface area contributed by atoms with Gasteiger partial charge in [0.15, 0.2) is 11.5 Å². The van der Waals surface area contributed by atoms with Gasteiger partial charge in [0.2, 0.25) is 0 Å². The molecule has 0 spiro atoms. The van der Waals surface area contributed by atoms with Crippen molar-refractivity contribution in [2.75, 3.05) is 6.54 Å². The zero-order valence-electron chi connectivity index (χ0n) is 19.8. The molecule has 4 heterocycles. The Morgan fingerprint density at radius 1 is 1.06 bits per heavy atom. The first-order valence-electron chi connectivity index (χ1n) is 11.4. The highest BCUT2D eigenvalue weighted by atomic mass is 16.5. The van der Waals surface area contributed by atoms with Gasteiger partial charge in [-0.3, -0.25) is 9.78 Å². The minimum Gasteiger partial charge on any atom is -0.351 e. The number of nitrogens with zero attached hydrogens (tertiary/aromatic N) is 6. The summed E-state index contributed by atoms with van der Waals surface area (Å²) in [5.74, 6) is 0.668. The SMILES string of the molecule is Cc1ccc(Cc2c(C)nc3c(C(=O)NCCc4noc(-c5cccnc5)n4)cnn3c2C)cc1. The van der Waals surface area contributed by atoms with Gasteiger partial charge in [0.1, 0.15) is 5.56 Å². The van der Waals surface area contributed by atoms with Gasteiger partial charge in [-0.05, 0) is 44.0 Å². The first kappa shape index (κ1) is 22.4. The van der Waals surface area contributed by atoms with Gasteiger partial charge in [-0.2, -0.15) is 10.1 Å². The fourth-order valence-electron chi connectivity index (χ4n) is 3.98. The van der Waals surface area contributed by atoms with E-state index in [9.17, 15) is 4.79 Å². The lowest BCUT2D eigenvalue weighted by molar-refractivity contribution is 0.0955. The van der Waals surface area contributed by atoms with Crippen LogP contribution in [0.15, 0.2) is 59.5 Å². The lowest BCUT2D eigenvalue weighted by atomic mass is 10.0. The third kappa shape index (κ3) is 4.65. The summed E-state index contributed by atoms with van der Waals surface area (Å²) in [6.07, 6.45) is 6.09. The molecule has 1 N–H and O–H groups in total. The van der Waals surface area contributed by atoms with Crippen LogP contribution >= 0.6 is 0 Å². The smallest absolute Gasteiger partial charge is 0.259 e. The molecule has 0 unspecified atom stereocenters. The van der Waals surface area contributed by atoms with Gasteiger partial charge in [0, 0.05) is 43.2 Å². The second kappa shape index (κ2) is 9.46. The van der Waals surface area contributed by atoms with E-state index in [0.717, 1.165) is 28.9 Å². The average Bonchev–Trinajstić information content (AvgIpc) is 3.51. The second-order valence-electron chi connectivity index (χ2n) is 8.48. The molecule has 9 nitrogen and oxygen atoms in total. The number of aryl methyl sites for hydroxylation is 3. The van der Waals surface area contributed by atoms with Gasteiger partial charge in [-0.25, -0.2) is 9.50 Å². The molecule has 0 bridgehead atoms. The Balaban J connectivity index is 1.28. The zero-order chi connectivity index (χ0) is 24.4. The van der Waals surface area contributed by atoms with Crippen molar-refractivity contribution in [1.29, 1.82) is 0 Å². The number of rotatable bonds is 7. The quantitative estimate of drug-likeness (QED) is 0.389. The fraction of sp³-hybridized carbons (Fsp3) is 0.231. The molecule has 176 valence electrons. The standard InChI is InChI=1S/C26H25N7O2/c1-16-6-8-19(9-7-16)13-21-17(2)30-24-22(15-29-33(24)18(21)3)25(34)28-12-10-23-31-26(35-32-23)20-5-4-11-27-14-20/h4-9,11,14-15H,10,12-13H2,1-3H3,(H,28,34). The average molecular weight is 468 g/mol. The Kier molecular flexibility index (Phi) is 6.05. The summed E-state index contributed by atoms with van der Waals surface area (Å²) in [5.41, 5.74) is 7.14. The second-order valence-corrected chi connectivity index (χ2v) is 8.48. The number of fused-ring (bicyclic) bond motifs is 1. The maximum absolute atomic E-state index is 12.9. The van der Waals surface area contributed by atoms with Crippen molar-refractivity contribution in [1.82, 2.24) is 35.0 Å². The summed E-state index contributed by atoms with van der Waals surface area (Å²) in [6.45, 7) is 6.41. The lowest BCUT2D eigenvalue weighted by Crippen LogP contribution is -2.26. The summed E-state index contributed by atoms with van der Waals surface area (Å²) in [6, 6.07) is 12.1. The maximum atomic E-state index is 12.9. The predicted octanol–water partition coefficient (Wildman–Crippen LogP) is 3.66. The third-order valence-corrected chi connectivity index (χ3v) is 5.97. The first-order valence-corrected chi connectivity index (χ1v) is 11.4. The maximum Gasteiger partial charge on any atom is 0.259 e. The van der Waals surface area contributed by atoms with Crippen LogP contribution in [0.3, 0.4) is 0 Å². The molecule has 1 amide bonds. The predicted molar refractivity (Wildman–Crippen MR) is 130 cm³/mol. The van der Waals surface area contributed by atoms with Crippen molar-refractivity contribution in [2.24, 2.45) is 0 Å². The number of benzene rings is 1. The van der Waals surface area contributed by atoms with E-state index in [4.69, 9.17) is 9.51 Å². The summed E-state index contributed by atoms with van der Waals surface area (Å²) < 4.78 is 7.03. The molecular formula is C26H25N7O2. The monoisotopic (exact) mass is 467 g/mol. The van der Waals surface area contributed by atoms with Crippen LogP contribution in [-0.2, 0) is 12.8 Å². The van der Waals surface area contributed by atoms with Crippen molar-refractivity contribution < 1.29 is 9.32 Å². The van der Waals surface area contributed by atoms with E-state index in [1.807, 2.05) is 19.9 Å². The fourth-order valence-corrected chi connectivity index (χ4v) is 3.98. The van der Waals surface area contributed by atoms with Gasteiger partial charge >= 0.3 is 0 Å². The Bertz CT molecular complexity index is 1490. The summed E-state index contributed by atoms with van der Waals surface area (Å²) in [7, 11) is 0. The zero-order valence-corrected chi connectivity index (χ0v) is 19.8. The van der Waals surface area contributed by atoms with Gasteiger partial charge in [-0.1, -0.05) is 35.0 Å². The number of carbonyl (C=O) groups is 1. The number of carbonyl (C=O) groups excluding carboxylic acids is 1. The minimum atomic E-state index is -0.242. The van der Waals surface area contributed by atoms with Crippen LogP contribution in [0.5, 0.6) is 0 Å². The Morgan fingerprint density at radius 2 is 1.89 bits per heavy atom. The van der Waals surface area contributed by atoms with Crippen LogP contribution in [0.25, 0.3) is 17.1 Å². The molecule has 0 radical (unpaired) electrons. The molecular weight excluding hydrogens is 442 g/mol. The van der Waals surface area contributed by atoms with Crippen molar-refractivity contribution in [3.05, 3.63) is 94.5 Å². The highest BCUT2D eigenvalue weighted by Crippen LogP contribution is 2.21. The molecule has 0 aliphatic heterocycles. The van der Waals surface area contributed by atoms with E-state index in [2.05, 4.69) is 56.7 Å². The lowest BCUT2D eigenvalue weighted by Gasteiger charge is -2.12. The summed E-state index contributed by atoms with van der Waals surface area (Å²) >= 11 is 0. The van der Waals surface area contributed by atoms with Crippen LogP contribution < -0.4 is 5.32 Å². The Morgan fingerprint density at radius 3 is 2.66 bits per heavy atom. The molecule has 0 aliphatic rings. The molecule has 5 aromatic rings. The molecule has 35 heavy (non-hydrogen) atoms. The molecule has 5 rings (SSSR count). The van der Waals surface area contributed by atoms with Crippen LogP contribution in [-0.4, -0.2) is 42.2 Å². The number of hydrogen-bond acceptors (Lipinski definition) is 7. The largest absolute Gasteiger partial charge is 0.351 e. The highest BCUT2D eigenvalue weighted by Gasteiger charge is 2.19. The van der Waals surface area contributed by atoms with Gasteiger partial charge in [0.05, 0.1) is 11.8 Å². The van der Waals surface area contributed by atoms with Gasteiger partial charge < -0.3 is 9.84 Å². The topological polar surface area (TPSA) is 111 Å². The summed E-state index contributed by atoms with van der Waals surface area (Å²) in [5, 5.41) is 11.3. The van der Waals surface area contributed by atoms with E-state index in [1.165, 1.54) is 11.1 Å². The van der Waals surface area contributed by atoms with E-state index < -0.39 is 0 Å². The molecule has 0 atom stereocenters. The minimum absolute atomic E-state index is 0.242. The third-order valence-electron chi connectivity index (χ3n) is 5.97. The molecule has 4 aromatic heterocycles.